The summed E-state index contributed by atoms with van der Waals surface area (Å²) in [4.78, 5) is 0. The molecule has 1 aromatic rings. The number of halogens is 2. The van der Waals surface area contributed by atoms with Crippen LogP contribution >= 0.6 is 27.5 Å². The lowest BCUT2D eigenvalue weighted by Gasteiger charge is -2.01. The molecule has 0 unspecified atom stereocenters. The largest absolute Gasteiger partial charge is 0.409 e. The molecule has 1 aromatic carbocycles. The fourth-order valence-electron chi connectivity index (χ4n) is 0.894. The smallest absolute Gasteiger partial charge is 0.143 e. The molecule has 3 N–H and O–H groups in total. The summed E-state index contributed by atoms with van der Waals surface area (Å²) in [7, 11) is 0. The van der Waals surface area contributed by atoms with Gasteiger partial charge in [-0.2, -0.15) is 0 Å². The lowest BCUT2D eigenvalue weighted by Crippen LogP contribution is -2.14. The molecule has 0 fully saturated rings. The van der Waals surface area contributed by atoms with Crippen LogP contribution in [0.4, 0.5) is 0 Å². The second kappa shape index (κ2) is 4.48. The molecule has 13 heavy (non-hydrogen) atoms. The Morgan fingerprint density at radius 1 is 1.62 bits per heavy atom. The van der Waals surface area contributed by atoms with Crippen LogP contribution in [0.3, 0.4) is 0 Å². The van der Waals surface area contributed by atoms with Crippen molar-refractivity contribution in [2.24, 2.45) is 10.9 Å². The van der Waals surface area contributed by atoms with E-state index < -0.39 is 0 Å². The van der Waals surface area contributed by atoms with E-state index in [9.17, 15) is 0 Å². The molecule has 0 spiro atoms. The molecule has 5 heteroatoms. The van der Waals surface area contributed by atoms with E-state index in [2.05, 4.69) is 21.1 Å². The zero-order valence-corrected chi connectivity index (χ0v) is 9.01. The van der Waals surface area contributed by atoms with Crippen molar-refractivity contribution >= 4 is 33.4 Å². The molecule has 0 atom stereocenters. The molecule has 0 aromatic heterocycles. The molecule has 70 valence electrons. The third-order valence-electron chi connectivity index (χ3n) is 1.50. The summed E-state index contributed by atoms with van der Waals surface area (Å²) >= 11 is 9.08. The number of nitrogens with zero attached hydrogens (tertiary/aromatic N) is 1. The van der Waals surface area contributed by atoms with Gasteiger partial charge >= 0.3 is 0 Å². The lowest BCUT2D eigenvalue weighted by atomic mass is 10.1. The van der Waals surface area contributed by atoms with Crippen LogP contribution in [-0.4, -0.2) is 11.0 Å². The maximum atomic E-state index is 8.35. The Balaban J connectivity index is 2.86. The Hall–Kier alpha value is -0.740. The number of oxime groups is 1. The van der Waals surface area contributed by atoms with Crippen LogP contribution in [0, 0.1) is 0 Å². The number of nitrogens with two attached hydrogens (primary N) is 1. The van der Waals surface area contributed by atoms with Crippen molar-refractivity contribution in [3.8, 4) is 0 Å². The van der Waals surface area contributed by atoms with Crippen molar-refractivity contribution in [3.05, 3.63) is 33.3 Å². The van der Waals surface area contributed by atoms with E-state index in [1.807, 2.05) is 12.1 Å². The highest BCUT2D eigenvalue weighted by Gasteiger charge is 2.01. The Bertz CT molecular complexity index is 341. The van der Waals surface area contributed by atoms with E-state index in [1.54, 1.807) is 6.07 Å². The fraction of sp³-hybridized carbons (Fsp3) is 0.125. The summed E-state index contributed by atoms with van der Waals surface area (Å²) in [6, 6.07) is 5.41. The SMILES string of the molecule is N/C(Cc1ccc(Cl)c(Br)c1)=N/O. The van der Waals surface area contributed by atoms with Crippen LogP contribution in [0.1, 0.15) is 5.56 Å². The van der Waals surface area contributed by atoms with Gasteiger partial charge in [-0.15, -0.1) is 0 Å². The Morgan fingerprint density at radius 2 is 2.31 bits per heavy atom. The van der Waals surface area contributed by atoms with Gasteiger partial charge in [0.1, 0.15) is 5.84 Å². The van der Waals surface area contributed by atoms with Gasteiger partial charge in [0, 0.05) is 10.9 Å². The van der Waals surface area contributed by atoms with Crippen LogP contribution < -0.4 is 5.73 Å². The average molecular weight is 264 g/mol. The van der Waals surface area contributed by atoms with E-state index in [0.717, 1.165) is 10.0 Å². The topological polar surface area (TPSA) is 58.6 Å². The van der Waals surface area contributed by atoms with Crippen molar-refractivity contribution < 1.29 is 5.21 Å². The number of hydrogen-bond donors (Lipinski definition) is 2. The quantitative estimate of drug-likeness (QED) is 0.372. The van der Waals surface area contributed by atoms with Gasteiger partial charge in [-0.1, -0.05) is 22.8 Å². The van der Waals surface area contributed by atoms with E-state index >= 15 is 0 Å². The van der Waals surface area contributed by atoms with Crippen LogP contribution in [-0.2, 0) is 6.42 Å². The zero-order valence-electron chi connectivity index (χ0n) is 6.67. The van der Waals surface area contributed by atoms with E-state index in [1.165, 1.54) is 0 Å². The van der Waals surface area contributed by atoms with Crippen molar-refractivity contribution in [2.75, 3.05) is 0 Å². The van der Waals surface area contributed by atoms with Gasteiger partial charge in [0.05, 0.1) is 5.02 Å². The van der Waals surface area contributed by atoms with Crippen molar-refractivity contribution in [3.63, 3.8) is 0 Å². The van der Waals surface area contributed by atoms with Gasteiger partial charge in [-0.25, -0.2) is 0 Å². The minimum Gasteiger partial charge on any atom is -0.409 e. The van der Waals surface area contributed by atoms with E-state index in [4.69, 9.17) is 22.5 Å². The minimum atomic E-state index is 0.175. The van der Waals surface area contributed by atoms with Crippen LogP contribution in [0.5, 0.6) is 0 Å². The summed E-state index contributed by atoms with van der Waals surface area (Å²) in [5.74, 6) is 0.175. The summed E-state index contributed by atoms with van der Waals surface area (Å²) in [5.41, 5.74) is 6.28. The van der Waals surface area contributed by atoms with Gasteiger partial charge in [0.25, 0.3) is 0 Å². The van der Waals surface area contributed by atoms with Gasteiger partial charge in [0.2, 0.25) is 0 Å². The molecule has 0 saturated carbocycles. The molecule has 0 radical (unpaired) electrons. The van der Waals surface area contributed by atoms with Gasteiger partial charge in [-0.05, 0) is 33.6 Å². The van der Waals surface area contributed by atoms with Crippen LogP contribution in [0.2, 0.25) is 5.02 Å². The highest BCUT2D eigenvalue weighted by molar-refractivity contribution is 9.10. The van der Waals surface area contributed by atoms with Gasteiger partial charge in [-0.3, -0.25) is 0 Å². The predicted octanol–water partition coefficient (Wildman–Crippen LogP) is 2.39. The first kappa shape index (κ1) is 10.3. The minimum absolute atomic E-state index is 0.175. The molecular formula is C8H8BrClN2O. The van der Waals surface area contributed by atoms with Crippen molar-refractivity contribution in [1.29, 1.82) is 0 Å². The number of rotatable bonds is 2. The van der Waals surface area contributed by atoms with E-state index in [0.29, 0.717) is 11.4 Å². The number of benzene rings is 1. The average Bonchev–Trinajstić information content (AvgIpc) is 2.11. The van der Waals surface area contributed by atoms with Crippen molar-refractivity contribution in [2.45, 2.75) is 6.42 Å². The second-order valence-corrected chi connectivity index (χ2v) is 3.78. The van der Waals surface area contributed by atoms with Gasteiger partial charge < -0.3 is 10.9 Å². The summed E-state index contributed by atoms with van der Waals surface area (Å²) in [5, 5.41) is 11.9. The molecule has 0 heterocycles. The zero-order chi connectivity index (χ0) is 9.84. The number of hydrogen-bond acceptors (Lipinski definition) is 2. The lowest BCUT2D eigenvalue weighted by molar-refractivity contribution is 0.317. The predicted molar refractivity (Wildman–Crippen MR) is 56.3 cm³/mol. The second-order valence-electron chi connectivity index (χ2n) is 2.52. The Kier molecular flexibility index (Phi) is 3.57. The van der Waals surface area contributed by atoms with Crippen LogP contribution in [0.25, 0.3) is 0 Å². The molecule has 0 aliphatic heterocycles. The highest BCUT2D eigenvalue weighted by Crippen LogP contribution is 2.23. The third kappa shape index (κ3) is 2.90. The summed E-state index contributed by atoms with van der Waals surface area (Å²) in [6.45, 7) is 0. The van der Waals surface area contributed by atoms with E-state index in [-0.39, 0.29) is 5.84 Å². The summed E-state index contributed by atoms with van der Waals surface area (Å²) in [6.07, 6.45) is 0.409. The normalized spacial score (nSPS) is 11.7. The molecule has 0 aliphatic carbocycles. The first-order valence-corrected chi connectivity index (χ1v) is 4.71. The molecule has 0 aliphatic rings. The summed E-state index contributed by atoms with van der Waals surface area (Å²) < 4.78 is 0.803. The maximum Gasteiger partial charge on any atom is 0.143 e. The first-order chi connectivity index (χ1) is 6.13. The van der Waals surface area contributed by atoms with Crippen LogP contribution in [0.15, 0.2) is 27.8 Å². The fourth-order valence-corrected chi connectivity index (χ4v) is 1.44. The standard InChI is InChI=1S/C8H8BrClN2O/c9-6-3-5(1-2-7(6)10)4-8(11)12-13/h1-3,13H,4H2,(H2,11,12). The molecule has 0 amide bonds. The molecule has 1 rings (SSSR count). The molecular weight excluding hydrogens is 255 g/mol. The molecule has 3 nitrogen and oxygen atoms in total. The molecule has 0 bridgehead atoms. The monoisotopic (exact) mass is 262 g/mol. The van der Waals surface area contributed by atoms with Gasteiger partial charge in [0.15, 0.2) is 0 Å². The third-order valence-corrected chi connectivity index (χ3v) is 2.71. The number of amidine groups is 1. The Morgan fingerprint density at radius 3 is 2.85 bits per heavy atom. The Labute approximate surface area is 89.3 Å². The highest BCUT2D eigenvalue weighted by atomic mass is 79.9. The van der Waals surface area contributed by atoms with Crippen molar-refractivity contribution in [1.82, 2.24) is 0 Å². The molecule has 0 saturated heterocycles. The maximum absolute atomic E-state index is 8.35. The first-order valence-electron chi connectivity index (χ1n) is 3.54.